The van der Waals surface area contributed by atoms with Crippen LogP contribution in [0.5, 0.6) is 0 Å². The molecule has 6 heteroatoms. The Labute approximate surface area is 60.7 Å². The van der Waals surface area contributed by atoms with Gasteiger partial charge in [-0.3, -0.25) is 10.1 Å². The third-order valence-electron chi connectivity index (χ3n) is 0.953. The fourth-order valence-corrected chi connectivity index (χ4v) is 0.232. The van der Waals surface area contributed by atoms with Gasteiger partial charge in [0.05, 0.1) is 13.1 Å². The van der Waals surface area contributed by atoms with Crippen LogP contribution in [0.2, 0.25) is 0 Å². The van der Waals surface area contributed by atoms with Gasteiger partial charge in [0.1, 0.15) is 0 Å². The van der Waals surface area contributed by atoms with Gasteiger partial charge in [0.2, 0.25) is 0 Å². The average molecular weight is 198 g/mol. The first kappa shape index (κ1) is 8.80. The van der Waals surface area contributed by atoms with Gasteiger partial charge in [0, 0.05) is 20.9 Å². The summed E-state index contributed by atoms with van der Waals surface area (Å²) < 4.78 is -1.33. The highest BCUT2D eigenvalue weighted by molar-refractivity contribution is 9.10. The van der Waals surface area contributed by atoms with Crippen LogP contribution in [-0.4, -0.2) is 22.5 Å². The van der Waals surface area contributed by atoms with Crippen molar-refractivity contribution in [3.63, 3.8) is 0 Å². The van der Waals surface area contributed by atoms with Gasteiger partial charge in [-0.2, -0.15) is 0 Å². The van der Waals surface area contributed by atoms with Crippen LogP contribution < -0.4 is 11.5 Å². The highest BCUT2D eigenvalue weighted by Crippen LogP contribution is 2.14. The number of halogens is 1. The molecule has 0 radical (unpaired) electrons. The highest BCUT2D eigenvalue weighted by Gasteiger charge is 2.35. The van der Waals surface area contributed by atoms with Gasteiger partial charge in [0.25, 0.3) is 4.45 Å². The maximum Gasteiger partial charge on any atom is 0.298 e. The smallest absolute Gasteiger partial charge is 0.298 e. The Balaban J connectivity index is 4.09. The normalized spacial score (nSPS) is 11.4. The number of nitro groups is 1. The minimum atomic E-state index is -1.33. The maximum atomic E-state index is 10.1. The molecular weight excluding hydrogens is 190 g/mol. The molecule has 0 rings (SSSR count). The standard InChI is InChI=1S/C3H8BrN3O2/c4-3(1-5,2-6)7(8)9/h1-2,5-6H2. The van der Waals surface area contributed by atoms with Crippen molar-refractivity contribution in [1.29, 1.82) is 0 Å². The predicted octanol–water partition coefficient (Wildman–Crippen LogP) is -0.728. The summed E-state index contributed by atoms with van der Waals surface area (Å²) in [5, 5.41) is 10.1. The molecule has 0 saturated heterocycles. The molecular formula is C3H8BrN3O2. The maximum absolute atomic E-state index is 10.1. The molecule has 0 aromatic carbocycles. The molecule has 0 aliphatic heterocycles. The van der Waals surface area contributed by atoms with Crippen LogP contribution in [0.1, 0.15) is 0 Å². The second-order valence-electron chi connectivity index (χ2n) is 1.58. The summed E-state index contributed by atoms with van der Waals surface area (Å²) in [7, 11) is 0. The largest absolute Gasteiger partial charge is 0.323 e. The van der Waals surface area contributed by atoms with Gasteiger partial charge in [-0.15, -0.1) is 0 Å². The summed E-state index contributed by atoms with van der Waals surface area (Å²) in [4.78, 5) is 9.55. The lowest BCUT2D eigenvalue weighted by Gasteiger charge is -2.12. The van der Waals surface area contributed by atoms with E-state index < -0.39 is 9.37 Å². The topological polar surface area (TPSA) is 95.2 Å². The van der Waals surface area contributed by atoms with E-state index in [4.69, 9.17) is 11.5 Å². The van der Waals surface area contributed by atoms with Crippen LogP contribution >= 0.6 is 15.9 Å². The fourth-order valence-electron chi connectivity index (χ4n) is 0.232. The molecule has 0 spiro atoms. The molecule has 54 valence electrons. The Bertz CT molecular complexity index is 114. The summed E-state index contributed by atoms with van der Waals surface area (Å²) in [5.41, 5.74) is 10.1. The van der Waals surface area contributed by atoms with Crippen molar-refractivity contribution < 1.29 is 4.92 Å². The van der Waals surface area contributed by atoms with Crippen LogP contribution in [0.25, 0.3) is 0 Å². The van der Waals surface area contributed by atoms with Crippen molar-refractivity contribution >= 4 is 15.9 Å². The van der Waals surface area contributed by atoms with Crippen LogP contribution in [-0.2, 0) is 0 Å². The zero-order valence-electron chi connectivity index (χ0n) is 4.71. The molecule has 5 nitrogen and oxygen atoms in total. The van der Waals surface area contributed by atoms with Crippen LogP contribution in [0.3, 0.4) is 0 Å². The van der Waals surface area contributed by atoms with E-state index in [-0.39, 0.29) is 13.1 Å². The van der Waals surface area contributed by atoms with E-state index in [1.165, 1.54) is 0 Å². The molecule has 0 aliphatic carbocycles. The summed E-state index contributed by atoms with van der Waals surface area (Å²) in [6.07, 6.45) is 0. The van der Waals surface area contributed by atoms with E-state index in [1.807, 2.05) is 0 Å². The minimum Gasteiger partial charge on any atom is -0.323 e. The Morgan fingerprint density at radius 2 is 1.89 bits per heavy atom. The first-order valence-electron chi connectivity index (χ1n) is 2.30. The molecule has 0 bridgehead atoms. The van der Waals surface area contributed by atoms with E-state index in [9.17, 15) is 10.1 Å². The van der Waals surface area contributed by atoms with Crippen molar-refractivity contribution in [2.45, 2.75) is 4.45 Å². The Hall–Kier alpha value is -0.200. The van der Waals surface area contributed by atoms with Crippen molar-refractivity contribution in [1.82, 2.24) is 0 Å². The number of alkyl halides is 1. The van der Waals surface area contributed by atoms with Crippen LogP contribution in [0, 0.1) is 10.1 Å². The quantitative estimate of drug-likeness (QED) is 0.270. The lowest BCUT2D eigenvalue weighted by molar-refractivity contribution is -0.529. The number of nitrogens with two attached hydrogens (primary N) is 2. The summed E-state index contributed by atoms with van der Waals surface area (Å²) in [5.74, 6) is 0. The van der Waals surface area contributed by atoms with Crippen molar-refractivity contribution in [3.05, 3.63) is 10.1 Å². The number of hydrogen-bond donors (Lipinski definition) is 2. The molecule has 0 atom stereocenters. The molecule has 0 saturated carbocycles. The Kier molecular flexibility index (Phi) is 3.02. The third-order valence-corrected chi connectivity index (χ3v) is 1.89. The summed E-state index contributed by atoms with van der Waals surface area (Å²) >= 11 is 2.80. The van der Waals surface area contributed by atoms with Gasteiger partial charge >= 0.3 is 0 Å². The molecule has 0 heterocycles. The summed E-state index contributed by atoms with van der Waals surface area (Å²) in [6, 6.07) is 0. The van der Waals surface area contributed by atoms with E-state index >= 15 is 0 Å². The Morgan fingerprint density at radius 1 is 1.56 bits per heavy atom. The predicted molar refractivity (Wildman–Crippen MR) is 36.8 cm³/mol. The molecule has 0 aliphatic rings. The number of rotatable bonds is 3. The van der Waals surface area contributed by atoms with E-state index in [0.717, 1.165) is 0 Å². The van der Waals surface area contributed by atoms with Crippen molar-refractivity contribution in [2.75, 3.05) is 13.1 Å². The number of hydrogen-bond acceptors (Lipinski definition) is 4. The average Bonchev–Trinajstić information content (AvgIpc) is 1.86. The van der Waals surface area contributed by atoms with Crippen LogP contribution in [0.4, 0.5) is 0 Å². The fraction of sp³-hybridized carbons (Fsp3) is 1.00. The van der Waals surface area contributed by atoms with E-state index in [2.05, 4.69) is 15.9 Å². The molecule has 0 aromatic rings. The van der Waals surface area contributed by atoms with Gasteiger partial charge < -0.3 is 11.5 Å². The molecule has 0 amide bonds. The monoisotopic (exact) mass is 197 g/mol. The lowest BCUT2D eigenvalue weighted by atomic mass is 10.3. The molecule has 0 unspecified atom stereocenters. The third kappa shape index (κ3) is 1.88. The van der Waals surface area contributed by atoms with Gasteiger partial charge in [0.15, 0.2) is 0 Å². The van der Waals surface area contributed by atoms with Crippen molar-refractivity contribution in [3.8, 4) is 0 Å². The molecule has 0 fully saturated rings. The zero-order valence-corrected chi connectivity index (χ0v) is 6.30. The van der Waals surface area contributed by atoms with E-state index in [1.54, 1.807) is 0 Å². The second kappa shape index (κ2) is 3.09. The minimum absolute atomic E-state index is 0.101. The van der Waals surface area contributed by atoms with Gasteiger partial charge in [-0.1, -0.05) is 0 Å². The van der Waals surface area contributed by atoms with Gasteiger partial charge in [-0.25, -0.2) is 0 Å². The first-order valence-corrected chi connectivity index (χ1v) is 3.09. The van der Waals surface area contributed by atoms with Crippen LogP contribution in [0.15, 0.2) is 0 Å². The number of nitrogens with zero attached hydrogens (tertiary/aromatic N) is 1. The molecule has 0 aromatic heterocycles. The molecule has 4 N–H and O–H groups in total. The SMILES string of the molecule is NCC(Br)(CN)[N+](=O)[O-]. The second-order valence-corrected chi connectivity index (χ2v) is 3.06. The lowest BCUT2D eigenvalue weighted by Crippen LogP contribution is -2.45. The highest BCUT2D eigenvalue weighted by atomic mass is 79.9. The molecule has 9 heavy (non-hydrogen) atoms. The van der Waals surface area contributed by atoms with Gasteiger partial charge in [-0.05, 0) is 0 Å². The Morgan fingerprint density at radius 3 is 1.89 bits per heavy atom. The first-order chi connectivity index (χ1) is 4.06. The van der Waals surface area contributed by atoms with Crippen molar-refractivity contribution in [2.24, 2.45) is 11.5 Å². The summed E-state index contributed by atoms with van der Waals surface area (Å²) in [6.45, 7) is -0.201. The van der Waals surface area contributed by atoms with E-state index in [0.29, 0.717) is 0 Å². The zero-order chi connectivity index (χ0) is 7.49.